The maximum atomic E-state index is 14.3. The predicted molar refractivity (Wildman–Crippen MR) is 164 cm³/mol. The number of nitrogens with zero attached hydrogens (tertiary/aromatic N) is 5. The molecule has 0 unspecified atom stereocenters. The number of carbonyl (C=O) groups excluding carboxylic acids is 2. The van der Waals surface area contributed by atoms with Gasteiger partial charge in [-0.2, -0.15) is 10.1 Å². The molecule has 3 amide bonds. The number of hydrogen-bond acceptors (Lipinski definition) is 6. The largest absolute Gasteiger partial charge is 0.573 e. The van der Waals surface area contributed by atoms with Gasteiger partial charge in [0.2, 0.25) is 5.91 Å². The molecule has 0 atom stereocenters. The fraction of sp³-hybridized carbons (Fsp3) is 0.258. The summed E-state index contributed by atoms with van der Waals surface area (Å²) >= 11 is 1.14. The monoisotopic (exact) mass is 640 g/mol. The van der Waals surface area contributed by atoms with Gasteiger partial charge in [-0.1, -0.05) is 37.7 Å². The first-order chi connectivity index (χ1) is 21.4. The number of anilines is 2. The summed E-state index contributed by atoms with van der Waals surface area (Å²) in [4.78, 5) is 35.4. The Balaban J connectivity index is 1.19. The maximum Gasteiger partial charge on any atom is 0.573 e. The number of carbonyl (C=O) groups is 2. The topological polar surface area (TPSA) is 102 Å². The molecule has 1 aliphatic rings. The first-order valence-electron chi connectivity index (χ1n) is 13.9. The van der Waals surface area contributed by atoms with Crippen LogP contribution in [0.2, 0.25) is 0 Å². The van der Waals surface area contributed by atoms with E-state index in [-0.39, 0.29) is 34.3 Å². The molecule has 1 aliphatic heterocycles. The minimum atomic E-state index is -4.76. The van der Waals surface area contributed by atoms with Gasteiger partial charge in [0.1, 0.15) is 17.9 Å². The number of halogens is 4. The first kappa shape index (κ1) is 31.7. The molecule has 9 nitrogen and oxygen atoms in total. The van der Waals surface area contributed by atoms with Gasteiger partial charge >= 0.3 is 12.4 Å². The lowest BCUT2D eigenvalue weighted by Gasteiger charge is -2.22. The van der Waals surface area contributed by atoms with Crippen molar-refractivity contribution in [3.8, 4) is 11.4 Å². The lowest BCUT2D eigenvalue weighted by molar-refractivity contribution is -0.274. The van der Waals surface area contributed by atoms with Crippen molar-refractivity contribution < 1.29 is 31.9 Å². The Bertz CT molecular complexity index is 1740. The predicted octanol–water partition coefficient (Wildman–Crippen LogP) is 7.19. The molecule has 0 spiro atoms. The number of aryl methyl sites for hydroxylation is 3. The number of nitrogens with one attached hydrogen (secondary N) is 1. The average molecular weight is 641 g/mol. The average Bonchev–Trinajstić information content (AvgIpc) is 3.60. The Labute approximate surface area is 260 Å². The molecule has 1 N–H and O–H groups in total. The van der Waals surface area contributed by atoms with Gasteiger partial charge in [-0.05, 0) is 84.5 Å². The summed E-state index contributed by atoms with van der Waals surface area (Å²) in [7, 11) is 0. The molecule has 2 heterocycles. The Morgan fingerprint density at radius 3 is 2.47 bits per heavy atom. The number of aliphatic imine (C=N–C) groups is 1. The van der Waals surface area contributed by atoms with Crippen molar-refractivity contribution in [2.45, 2.75) is 45.9 Å². The number of alkyl halides is 3. The van der Waals surface area contributed by atoms with Crippen molar-refractivity contribution in [3.05, 3.63) is 95.3 Å². The number of thioether (sulfide) groups is 1. The summed E-state index contributed by atoms with van der Waals surface area (Å²) in [6.45, 7) is 5.43. The van der Waals surface area contributed by atoms with Crippen molar-refractivity contribution in [1.82, 2.24) is 14.8 Å². The van der Waals surface area contributed by atoms with Crippen molar-refractivity contribution in [1.29, 1.82) is 0 Å². The van der Waals surface area contributed by atoms with Crippen LogP contribution in [0.4, 0.5) is 33.7 Å². The molecule has 234 valence electrons. The van der Waals surface area contributed by atoms with E-state index in [0.29, 0.717) is 46.9 Å². The van der Waals surface area contributed by atoms with Crippen molar-refractivity contribution >= 4 is 40.2 Å². The zero-order valence-corrected chi connectivity index (χ0v) is 25.2. The Morgan fingerprint density at radius 1 is 1.09 bits per heavy atom. The third-order valence-electron chi connectivity index (χ3n) is 6.85. The molecule has 1 fully saturated rings. The van der Waals surface area contributed by atoms with Crippen LogP contribution in [0.25, 0.3) is 5.69 Å². The van der Waals surface area contributed by atoms with Crippen molar-refractivity contribution in [2.24, 2.45) is 4.99 Å². The highest BCUT2D eigenvalue weighted by molar-refractivity contribution is 8.15. The first-order valence-corrected chi connectivity index (χ1v) is 14.9. The quantitative estimate of drug-likeness (QED) is 0.205. The molecule has 0 aliphatic carbocycles. The zero-order chi connectivity index (χ0) is 32.3. The number of ether oxygens (including phenoxy) is 1. The van der Waals surface area contributed by atoms with Crippen LogP contribution >= 0.6 is 11.8 Å². The Hall–Kier alpha value is -4.72. The summed E-state index contributed by atoms with van der Waals surface area (Å²) in [6, 6.07) is 14.8. The Morgan fingerprint density at radius 2 is 1.80 bits per heavy atom. The van der Waals surface area contributed by atoms with Crippen LogP contribution in [0.15, 0.2) is 72.0 Å². The van der Waals surface area contributed by atoms with E-state index in [9.17, 15) is 27.2 Å². The third kappa shape index (κ3) is 7.87. The maximum absolute atomic E-state index is 14.3. The lowest BCUT2D eigenvalue weighted by Crippen LogP contribution is -2.31. The highest BCUT2D eigenvalue weighted by Gasteiger charge is 2.33. The van der Waals surface area contributed by atoms with Crippen LogP contribution < -0.4 is 15.0 Å². The van der Waals surface area contributed by atoms with Gasteiger partial charge in [0.15, 0.2) is 11.0 Å². The van der Waals surface area contributed by atoms with Gasteiger partial charge in [-0.25, -0.2) is 18.9 Å². The van der Waals surface area contributed by atoms with E-state index in [1.165, 1.54) is 46.2 Å². The number of hydrogen-bond donors (Lipinski definition) is 1. The molecule has 5 rings (SSSR count). The van der Waals surface area contributed by atoms with Crippen LogP contribution in [0.5, 0.6) is 5.75 Å². The summed E-state index contributed by atoms with van der Waals surface area (Å²) in [5.74, 6) is -0.324. The van der Waals surface area contributed by atoms with Gasteiger partial charge in [0.05, 0.1) is 17.1 Å². The SMILES string of the molecule is Cc1cc(N2C(=O)CSC2=NC(=O)Nc2ccc(CCc3ncn(-c4ccc(OC(F)(F)F)cc4)n3)cc2)c(C(C)C)cc1F. The highest BCUT2D eigenvalue weighted by Crippen LogP contribution is 2.35. The minimum Gasteiger partial charge on any atom is -0.406 e. The molecule has 0 bridgehead atoms. The van der Waals surface area contributed by atoms with Crippen LogP contribution in [0.3, 0.4) is 0 Å². The van der Waals surface area contributed by atoms with Gasteiger partial charge in [0, 0.05) is 12.1 Å². The van der Waals surface area contributed by atoms with Crippen LogP contribution in [0.1, 0.15) is 42.3 Å². The third-order valence-corrected chi connectivity index (χ3v) is 7.77. The van der Waals surface area contributed by atoms with Crippen molar-refractivity contribution in [2.75, 3.05) is 16.0 Å². The Kier molecular flexibility index (Phi) is 9.23. The van der Waals surface area contributed by atoms with E-state index in [0.717, 1.165) is 17.3 Å². The van der Waals surface area contributed by atoms with E-state index in [1.54, 1.807) is 25.1 Å². The van der Waals surface area contributed by atoms with Crippen LogP contribution in [-0.2, 0) is 17.6 Å². The lowest BCUT2D eigenvalue weighted by atomic mass is 9.98. The summed E-state index contributed by atoms with van der Waals surface area (Å²) in [5, 5.41) is 7.32. The number of urea groups is 1. The number of aromatic nitrogens is 3. The molecule has 4 aromatic rings. The summed E-state index contributed by atoms with van der Waals surface area (Å²) in [5.41, 5.74) is 3.55. The zero-order valence-electron chi connectivity index (χ0n) is 24.4. The van der Waals surface area contributed by atoms with E-state index in [2.05, 4.69) is 25.1 Å². The highest BCUT2D eigenvalue weighted by atomic mass is 32.2. The van der Waals surface area contributed by atoms with Gasteiger partial charge in [0.25, 0.3) is 0 Å². The smallest absolute Gasteiger partial charge is 0.406 e. The fourth-order valence-electron chi connectivity index (χ4n) is 4.61. The van der Waals surface area contributed by atoms with Gasteiger partial charge in [-0.3, -0.25) is 9.69 Å². The van der Waals surface area contributed by atoms with Crippen LogP contribution in [-0.4, -0.2) is 44.0 Å². The minimum absolute atomic E-state index is 0.0592. The second-order valence-corrected chi connectivity index (χ2v) is 11.4. The summed E-state index contributed by atoms with van der Waals surface area (Å²) < 4.78 is 56.8. The molecule has 1 aromatic heterocycles. The second kappa shape index (κ2) is 13.1. The van der Waals surface area contributed by atoms with E-state index < -0.39 is 12.4 Å². The number of rotatable bonds is 8. The van der Waals surface area contributed by atoms with Gasteiger partial charge < -0.3 is 10.1 Å². The summed E-state index contributed by atoms with van der Waals surface area (Å²) in [6.07, 6.45) is -2.18. The fourth-order valence-corrected chi connectivity index (χ4v) is 5.46. The van der Waals surface area contributed by atoms with Crippen LogP contribution in [0, 0.1) is 12.7 Å². The van der Waals surface area contributed by atoms with Gasteiger partial charge in [-0.15, -0.1) is 13.2 Å². The molecular formula is C31H28F4N6O3S. The molecule has 0 radical (unpaired) electrons. The van der Waals surface area contributed by atoms with E-state index in [1.807, 2.05) is 26.0 Å². The second-order valence-electron chi connectivity index (χ2n) is 10.5. The van der Waals surface area contributed by atoms with Crippen molar-refractivity contribution in [3.63, 3.8) is 0 Å². The standard InChI is InChI=1S/C31H28F4N6O3S/c1-18(2)24-15-25(32)19(3)14-26(24)41-28(42)16-45-30(41)38-29(43)37-21-7-4-20(5-8-21)6-13-27-36-17-40(39-27)22-9-11-23(12-10-22)44-31(33,34)35/h4-5,7-12,14-15,17-18H,6,13,16H2,1-3H3,(H,37,43). The molecule has 45 heavy (non-hydrogen) atoms. The number of amidine groups is 1. The number of benzene rings is 3. The van der Waals surface area contributed by atoms with E-state index >= 15 is 0 Å². The molecule has 3 aromatic carbocycles. The molecular weight excluding hydrogens is 612 g/mol. The molecule has 0 saturated carbocycles. The molecule has 14 heteroatoms. The molecule has 1 saturated heterocycles. The van der Waals surface area contributed by atoms with E-state index in [4.69, 9.17) is 0 Å². The number of amides is 3. The normalized spacial score (nSPS) is 14.4.